The molecule has 0 aliphatic carbocycles. The minimum Gasteiger partial charge on any atom is -0.481 e. The maximum absolute atomic E-state index is 13.9. The van der Waals surface area contributed by atoms with E-state index < -0.39 is 42.8 Å². The molecule has 2 N–H and O–H groups in total. The van der Waals surface area contributed by atoms with Crippen LogP contribution in [0.2, 0.25) is 0 Å². The van der Waals surface area contributed by atoms with E-state index in [-0.39, 0.29) is 24.4 Å². The summed E-state index contributed by atoms with van der Waals surface area (Å²) in [6.45, 7) is 3.94. The maximum Gasteiger partial charge on any atom is 0.333 e. The van der Waals surface area contributed by atoms with Crippen LogP contribution in [0.15, 0.2) is 48.5 Å². The number of halogens is 3. The number of rotatable bonds is 13. The lowest BCUT2D eigenvalue weighted by atomic mass is 10.1. The fraction of sp³-hybridized carbons (Fsp3) is 0.375. The highest BCUT2D eigenvalue weighted by atomic mass is 127. The van der Waals surface area contributed by atoms with E-state index >= 15 is 0 Å². The summed E-state index contributed by atoms with van der Waals surface area (Å²) in [6.07, 6.45) is -1.04. The van der Waals surface area contributed by atoms with Crippen molar-refractivity contribution >= 4 is 37.1 Å². The van der Waals surface area contributed by atoms with E-state index in [0.717, 1.165) is 5.56 Å². The average Bonchev–Trinajstić information content (AvgIpc) is 2.80. The summed E-state index contributed by atoms with van der Waals surface area (Å²) in [5.41, 5.74) is 1.44. The zero-order chi connectivity index (χ0) is 24.4. The third-order valence-electron chi connectivity index (χ3n) is 4.80. The van der Waals surface area contributed by atoms with Gasteiger partial charge in [0.1, 0.15) is 5.75 Å². The minimum absolute atomic E-state index is 0.0368. The highest BCUT2D eigenvalue weighted by Crippen LogP contribution is 2.38. The van der Waals surface area contributed by atoms with Gasteiger partial charge < -0.3 is 19.9 Å². The van der Waals surface area contributed by atoms with Crippen molar-refractivity contribution in [3.05, 3.63) is 65.2 Å². The number of nitrogens with one attached hydrogen (secondary N) is 1. The van der Waals surface area contributed by atoms with Crippen LogP contribution in [-0.4, -0.2) is 46.9 Å². The highest BCUT2D eigenvalue weighted by molar-refractivity contribution is 14.2. The van der Waals surface area contributed by atoms with E-state index in [2.05, 4.69) is 9.83 Å². The molecule has 2 aromatic carbocycles. The second-order valence-corrected chi connectivity index (χ2v) is 9.38. The fourth-order valence-corrected chi connectivity index (χ4v) is 3.82. The molecule has 0 fully saturated rings. The third kappa shape index (κ3) is 8.47. The number of carboxylic acids is 1. The Kier molecular flexibility index (Phi) is 10.4. The lowest BCUT2D eigenvalue weighted by molar-refractivity contribution is -0.150. The van der Waals surface area contributed by atoms with Crippen LogP contribution in [0, 0.1) is 0 Å². The molecule has 0 aliphatic heterocycles. The van der Waals surface area contributed by atoms with Crippen molar-refractivity contribution in [1.82, 2.24) is 5.32 Å². The fourth-order valence-electron chi connectivity index (χ4n) is 3.05. The summed E-state index contributed by atoms with van der Waals surface area (Å²) in [4.78, 5) is 23.5. The number of carbonyl (C=O) groups excluding carboxylic acids is 1. The van der Waals surface area contributed by atoms with Crippen molar-refractivity contribution in [2.45, 2.75) is 42.8 Å². The van der Waals surface area contributed by atoms with E-state index in [1.165, 1.54) is 12.1 Å². The minimum atomic E-state index is -2.87. The molecule has 0 saturated heterocycles. The monoisotopic (exact) mass is 575 g/mol. The first-order valence-electron chi connectivity index (χ1n) is 10.4. The van der Waals surface area contributed by atoms with Crippen LogP contribution in [-0.2, 0) is 31.1 Å². The second-order valence-electron chi connectivity index (χ2n) is 7.26. The first-order valence-corrected chi connectivity index (χ1v) is 13.0. The molecule has 2 aromatic rings. The largest absolute Gasteiger partial charge is 0.481 e. The number of hydrogen-bond donors (Lipinski definition) is 2. The van der Waals surface area contributed by atoms with E-state index in [4.69, 9.17) is 9.47 Å². The first-order chi connectivity index (χ1) is 15.7. The topological polar surface area (TPSA) is 84.9 Å². The molecule has 33 heavy (non-hydrogen) atoms. The van der Waals surface area contributed by atoms with E-state index in [0.29, 0.717) is 24.3 Å². The molecule has 2 rings (SSSR count). The molecule has 0 saturated carbocycles. The molecule has 1 unspecified atom stereocenters. The lowest BCUT2D eigenvalue weighted by Gasteiger charge is -2.16. The molecule has 0 bridgehead atoms. The van der Waals surface area contributed by atoms with Gasteiger partial charge in [-0.15, -0.1) is 0 Å². The van der Waals surface area contributed by atoms with E-state index in [1.54, 1.807) is 50.2 Å². The molecule has 0 radical (unpaired) electrons. The SMILES string of the molecule is C=IC(F)(F)c1cccc(CCNC(=O)[C@H](C)Oc2ccc(CC(OCC)C(=O)O)cc2)c1. The average molecular weight is 575 g/mol. The molecule has 0 spiro atoms. The zero-order valence-corrected chi connectivity index (χ0v) is 20.7. The van der Waals surface area contributed by atoms with Gasteiger partial charge in [0.15, 0.2) is 12.2 Å². The number of hydrogen-bond acceptors (Lipinski definition) is 4. The first kappa shape index (κ1) is 26.8. The summed E-state index contributed by atoms with van der Waals surface area (Å²) in [7, 11) is 0. The molecule has 180 valence electrons. The van der Waals surface area contributed by atoms with Gasteiger partial charge in [-0.3, -0.25) is 4.79 Å². The van der Waals surface area contributed by atoms with Crippen LogP contribution < -0.4 is 10.1 Å². The van der Waals surface area contributed by atoms with Crippen molar-refractivity contribution in [2.75, 3.05) is 13.2 Å². The molecule has 6 nitrogen and oxygen atoms in total. The van der Waals surface area contributed by atoms with E-state index in [1.807, 2.05) is 0 Å². The number of amides is 1. The zero-order valence-electron chi connectivity index (χ0n) is 18.5. The molecule has 0 aliphatic rings. The molecular formula is C24H28F2INO5. The van der Waals surface area contributed by atoms with Crippen LogP contribution in [0.5, 0.6) is 5.75 Å². The number of benzene rings is 2. The Morgan fingerprint density at radius 3 is 2.48 bits per heavy atom. The third-order valence-corrected chi connectivity index (χ3v) is 6.39. The maximum atomic E-state index is 13.9. The van der Waals surface area contributed by atoms with Gasteiger partial charge in [-0.2, -0.15) is 8.78 Å². The Morgan fingerprint density at radius 2 is 1.88 bits per heavy atom. The van der Waals surface area contributed by atoms with Crippen LogP contribution in [0.1, 0.15) is 30.5 Å². The molecule has 2 atom stereocenters. The second kappa shape index (κ2) is 12.7. The molecule has 0 heterocycles. The number of alkyl halides is 3. The van der Waals surface area contributed by atoms with Crippen molar-refractivity contribution in [3.8, 4) is 5.75 Å². The summed E-state index contributed by atoms with van der Waals surface area (Å²) in [5.74, 6) is -0.880. The van der Waals surface area contributed by atoms with Gasteiger partial charge in [-0.25, -0.2) is 4.79 Å². The van der Waals surface area contributed by atoms with Gasteiger partial charge >= 0.3 is 9.90 Å². The number of aliphatic carboxylic acids is 1. The number of carbonyl (C=O) groups is 2. The molecule has 0 aromatic heterocycles. The van der Waals surface area contributed by atoms with Gasteiger partial charge in [0.25, 0.3) is 5.91 Å². The van der Waals surface area contributed by atoms with Crippen molar-refractivity contribution in [2.24, 2.45) is 0 Å². The predicted molar refractivity (Wildman–Crippen MR) is 131 cm³/mol. The van der Waals surface area contributed by atoms with Gasteiger partial charge in [0.05, 0.1) is 0 Å². The standard InChI is InChI=1S/C24H28F2INO5/c1-4-32-21(23(30)31)15-18-8-10-20(11-9-18)33-16(2)22(29)28-13-12-17-6-5-7-19(14-17)24(25,26)27-3/h5-11,14,16,21H,3-4,12-13,15H2,1-2H3,(H,28,29)(H,30,31)/t16-,21?/m0/s1. The van der Waals surface area contributed by atoms with Crippen molar-refractivity contribution < 1.29 is 33.0 Å². The summed E-state index contributed by atoms with van der Waals surface area (Å²) < 4.78 is 39.1. The van der Waals surface area contributed by atoms with Crippen LogP contribution >= 0.6 is 20.7 Å². The van der Waals surface area contributed by atoms with Crippen LogP contribution in [0.3, 0.4) is 0 Å². The van der Waals surface area contributed by atoms with Gasteiger partial charge in [-0.1, -0.05) is 34.8 Å². The Hall–Kier alpha value is -2.40. The smallest absolute Gasteiger partial charge is 0.333 e. The summed E-state index contributed by atoms with van der Waals surface area (Å²) in [6, 6.07) is 13.0. The van der Waals surface area contributed by atoms with Crippen LogP contribution in [0.4, 0.5) is 8.78 Å². The summed E-state index contributed by atoms with van der Waals surface area (Å²) in [5, 5.41) is 11.9. The quantitative estimate of drug-likeness (QED) is 0.275. The number of ether oxygens (including phenoxy) is 2. The van der Waals surface area contributed by atoms with Gasteiger partial charge in [0, 0.05) is 25.1 Å². The van der Waals surface area contributed by atoms with Gasteiger partial charge in [0.2, 0.25) is 0 Å². The van der Waals surface area contributed by atoms with Gasteiger partial charge in [-0.05, 0) is 70.3 Å². The van der Waals surface area contributed by atoms with E-state index in [9.17, 15) is 23.5 Å². The molecule has 1 amide bonds. The number of carboxylic acid groups (broad SMARTS) is 1. The van der Waals surface area contributed by atoms with Crippen molar-refractivity contribution in [3.63, 3.8) is 0 Å². The normalized spacial score (nSPS) is 13.2. The Labute approximate surface area is 202 Å². The molecular weight excluding hydrogens is 547 g/mol. The Balaban J connectivity index is 1.84. The molecule has 9 heteroatoms. The Bertz CT molecular complexity index is 952. The van der Waals surface area contributed by atoms with Crippen LogP contribution in [0.25, 0.3) is 0 Å². The predicted octanol–water partition coefficient (Wildman–Crippen LogP) is 4.30. The summed E-state index contributed by atoms with van der Waals surface area (Å²) >= 11 is -1.50. The lowest BCUT2D eigenvalue weighted by Crippen LogP contribution is -2.37. The highest BCUT2D eigenvalue weighted by Gasteiger charge is 2.28. The Morgan fingerprint density at radius 1 is 1.18 bits per heavy atom. The van der Waals surface area contributed by atoms with Crippen molar-refractivity contribution in [1.29, 1.82) is 0 Å².